The van der Waals surface area contributed by atoms with Gasteiger partial charge in [0.15, 0.2) is 12.4 Å². The van der Waals surface area contributed by atoms with Crippen molar-refractivity contribution in [2.24, 2.45) is 0 Å². The smallest absolute Gasteiger partial charge is 0.306 e. The molecule has 1 aromatic rings. The highest BCUT2D eigenvalue weighted by atomic mass is 32.1. The highest BCUT2D eigenvalue weighted by Crippen LogP contribution is 2.22. The van der Waals surface area contributed by atoms with E-state index < -0.39 is 5.97 Å². The van der Waals surface area contributed by atoms with Crippen LogP contribution in [-0.4, -0.2) is 30.3 Å². The van der Waals surface area contributed by atoms with Crippen LogP contribution in [0, 0.1) is 13.8 Å². The van der Waals surface area contributed by atoms with E-state index in [1.807, 2.05) is 19.9 Å². The average Bonchev–Trinajstić information content (AvgIpc) is 3.17. The Morgan fingerprint density at radius 3 is 2.57 bits per heavy atom. The Hall–Kier alpha value is -1.69. The molecular weight excluding hydrogens is 290 g/mol. The maximum atomic E-state index is 12.0. The summed E-state index contributed by atoms with van der Waals surface area (Å²) in [5.74, 6) is -0.850. The Morgan fingerprint density at radius 2 is 2.00 bits per heavy atom. The van der Waals surface area contributed by atoms with Crippen LogP contribution in [0.1, 0.15) is 45.8 Å². The van der Waals surface area contributed by atoms with Gasteiger partial charge in [0.1, 0.15) is 0 Å². The largest absolute Gasteiger partial charge is 0.456 e. The zero-order valence-electron chi connectivity index (χ0n) is 12.2. The third kappa shape index (κ3) is 4.97. The lowest BCUT2D eigenvalue weighted by molar-refractivity contribution is -0.148. The van der Waals surface area contributed by atoms with E-state index in [1.54, 1.807) is 11.3 Å². The van der Waals surface area contributed by atoms with Crippen molar-refractivity contribution in [1.29, 1.82) is 0 Å². The Balaban J connectivity index is 1.69. The van der Waals surface area contributed by atoms with Gasteiger partial charge >= 0.3 is 5.97 Å². The van der Waals surface area contributed by atoms with Crippen LogP contribution < -0.4 is 5.32 Å². The van der Waals surface area contributed by atoms with Gasteiger partial charge in [-0.1, -0.05) is 0 Å². The molecule has 114 valence electrons. The number of carbonyl (C=O) groups is 3. The highest BCUT2D eigenvalue weighted by molar-refractivity contribution is 7.12. The van der Waals surface area contributed by atoms with Crippen LogP contribution in [0.4, 0.5) is 0 Å². The third-order valence-corrected chi connectivity index (χ3v) is 4.17. The minimum absolute atomic E-state index is 0.00385. The molecule has 0 aromatic carbocycles. The fraction of sp³-hybridized carbons (Fsp3) is 0.533. The van der Waals surface area contributed by atoms with E-state index in [0.29, 0.717) is 5.56 Å². The number of esters is 1. The lowest BCUT2D eigenvalue weighted by atomic mass is 10.1. The monoisotopic (exact) mass is 309 g/mol. The van der Waals surface area contributed by atoms with Crippen molar-refractivity contribution in [2.45, 2.75) is 45.6 Å². The first-order valence-electron chi connectivity index (χ1n) is 7.01. The van der Waals surface area contributed by atoms with Crippen LogP contribution in [0.15, 0.2) is 6.07 Å². The predicted molar refractivity (Wildman–Crippen MR) is 79.5 cm³/mol. The first-order valence-corrected chi connectivity index (χ1v) is 7.82. The number of rotatable bonds is 7. The summed E-state index contributed by atoms with van der Waals surface area (Å²) in [7, 11) is 0. The Bertz CT molecular complexity index is 560. The number of nitrogens with one attached hydrogen (secondary N) is 1. The predicted octanol–water partition coefficient (Wildman–Crippen LogP) is 2.15. The number of ketones is 1. The SMILES string of the molecule is Cc1cc(C(=O)CCC(=O)OCC(=O)NC2CC2)c(C)s1. The summed E-state index contributed by atoms with van der Waals surface area (Å²) in [5.41, 5.74) is 0.678. The first kappa shape index (κ1) is 15.7. The number of thiophene rings is 1. The molecule has 0 aliphatic heterocycles. The van der Waals surface area contributed by atoms with Gasteiger partial charge in [-0.2, -0.15) is 0 Å². The molecule has 2 rings (SSSR count). The molecule has 0 bridgehead atoms. The lowest BCUT2D eigenvalue weighted by Crippen LogP contribution is -2.30. The van der Waals surface area contributed by atoms with Crippen LogP contribution in [0.25, 0.3) is 0 Å². The van der Waals surface area contributed by atoms with E-state index in [-0.39, 0.29) is 37.2 Å². The molecule has 0 unspecified atom stereocenters. The van der Waals surface area contributed by atoms with Gasteiger partial charge in [0, 0.05) is 27.8 Å². The zero-order chi connectivity index (χ0) is 15.4. The van der Waals surface area contributed by atoms with Crippen LogP contribution in [-0.2, 0) is 14.3 Å². The highest BCUT2D eigenvalue weighted by Gasteiger charge is 2.23. The van der Waals surface area contributed by atoms with Crippen molar-refractivity contribution in [3.8, 4) is 0 Å². The van der Waals surface area contributed by atoms with Crippen LogP contribution in [0.3, 0.4) is 0 Å². The van der Waals surface area contributed by atoms with E-state index >= 15 is 0 Å². The van der Waals surface area contributed by atoms with E-state index in [0.717, 1.165) is 22.6 Å². The average molecular weight is 309 g/mol. The summed E-state index contributed by atoms with van der Waals surface area (Å²) >= 11 is 1.57. The summed E-state index contributed by atoms with van der Waals surface area (Å²) in [4.78, 5) is 36.9. The fourth-order valence-electron chi connectivity index (χ4n) is 1.97. The molecule has 1 N–H and O–H groups in total. The lowest BCUT2D eigenvalue weighted by Gasteiger charge is -2.05. The molecule has 5 nitrogen and oxygen atoms in total. The van der Waals surface area contributed by atoms with Gasteiger partial charge in [-0.05, 0) is 32.8 Å². The summed E-state index contributed by atoms with van der Waals surface area (Å²) < 4.78 is 4.85. The van der Waals surface area contributed by atoms with Gasteiger partial charge in [-0.25, -0.2) is 0 Å². The number of aryl methyl sites for hydroxylation is 2. The third-order valence-electron chi connectivity index (χ3n) is 3.20. The quantitative estimate of drug-likeness (QED) is 0.619. The van der Waals surface area contributed by atoms with Crippen molar-refractivity contribution < 1.29 is 19.1 Å². The van der Waals surface area contributed by atoms with Crippen LogP contribution in [0.2, 0.25) is 0 Å². The molecule has 1 fully saturated rings. The van der Waals surface area contributed by atoms with Gasteiger partial charge in [-0.15, -0.1) is 11.3 Å². The Labute approximate surface area is 127 Å². The maximum Gasteiger partial charge on any atom is 0.306 e. The number of carbonyl (C=O) groups excluding carboxylic acids is 3. The molecule has 1 aliphatic carbocycles. The number of hydrogen-bond acceptors (Lipinski definition) is 5. The molecule has 0 saturated heterocycles. The molecule has 1 aliphatic rings. The minimum Gasteiger partial charge on any atom is -0.456 e. The summed E-state index contributed by atoms with van der Waals surface area (Å²) in [6, 6.07) is 2.10. The van der Waals surface area contributed by atoms with Gasteiger partial charge in [0.05, 0.1) is 6.42 Å². The van der Waals surface area contributed by atoms with Gasteiger partial charge in [0.2, 0.25) is 0 Å². The van der Waals surface area contributed by atoms with E-state index in [2.05, 4.69) is 5.32 Å². The number of ether oxygens (including phenoxy) is 1. The number of hydrogen-bond donors (Lipinski definition) is 1. The summed E-state index contributed by atoms with van der Waals surface area (Å²) in [6.45, 7) is 3.58. The van der Waals surface area contributed by atoms with Gasteiger partial charge in [0.25, 0.3) is 5.91 Å². The molecule has 0 radical (unpaired) electrons. The second kappa shape index (κ2) is 6.85. The second-order valence-corrected chi connectivity index (χ2v) is 6.71. The second-order valence-electron chi connectivity index (χ2n) is 5.25. The topological polar surface area (TPSA) is 72.5 Å². The molecular formula is C15H19NO4S. The molecule has 1 saturated carbocycles. The van der Waals surface area contributed by atoms with E-state index in [4.69, 9.17) is 4.74 Å². The van der Waals surface area contributed by atoms with E-state index in [9.17, 15) is 14.4 Å². The molecule has 6 heteroatoms. The summed E-state index contributed by atoms with van der Waals surface area (Å²) in [6.07, 6.45) is 2.10. The van der Waals surface area contributed by atoms with E-state index in [1.165, 1.54) is 0 Å². The van der Waals surface area contributed by atoms with Crippen molar-refractivity contribution in [3.05, 3.63) is 21.4 Å². The zero-order valence-corrected chi connectivity index (χ0v) is 13.0. The normalized spacial score (nSPS) is 13.8. The van der Waals surface area contributed by atoms with Crippen LogP contribution >= 0.6 is 11.3 Å². The first-order chi connectivity index (χ1) is 9.95. The molecule has 1 amide bonds. The fourth-order valence-corrected chi connectivity index (χ4v) is 2.92. The van der Waals surface area contributed by atoms with Gasteiger partial charge in [-0.3, -0.25) is 14.4 Å². The Morgan fingerprint density at radius 1 is 1.29 bits per heavy atom. The number of Topliss-reactive ketones (excluding diaryl/α,β-unsaturated/α-hetero) is 1. The molecule has 21 heavy (non-hydrogen) atoms. The molecule has 1 aromatic heterocycles. The van der Waals surface area contributed by atoms with Gasteiger partial charge < -0.3 is 10.1 Å². The van der Waals surface area contributed by atoms with Crippen molar-refractivity contribution in [1.82, 2.24) is 5.32 Å². The molecule has 0 atom stereocenters. The van der Waals surface area contributed by atoms with Crippen molar-refractivity contribution in [3.63, 3.8) is 0 Å². The standard InChI is InChI=1S/C15H19NO4S/c1-9-7-12(10(2)21-9)13(17)5-6-15(19)20-8-14(18)16-11-3-4-11/h7,11H,3-6,8H2,1-2H3,(H,16,18). The maximum absolute atomic E-state index is 12.0. The van der Waals surface area contributed by atoms with Crippen LogP contribution in [0.5, 0.6) is 0 Å². The molecule has 1 heterocycles. The molecule has 0 spiro atoms. The minimum atomic E-state index is -0.515. The van der Waals surface area contributed by atoms with Crippen molar-refractivity contribution >= 4 is 29.0 Å². The summed E-state index contributed by atoms with van der Waals surface area (Å²) in [5, 5.41) is 2.73. The Kier molecular flexibility index (Phi) is 5.12. The number of amides is 1. The van der Waals surface area contributed by atoms with Crippen molar-refractivity contribution in [2.75, 3.05) is 6.61 Å².